The van der Waals surface area contributed by atoms with E-state index in [0.717, 1.165) is 22.4 Å². The van der Waals surface area contributed by atoms with Gasteiger partial charge in [0.2, 0.25) is 0 Å². The number of carbonyl (C=O) groups excluding carboxylic acids is 2. The Labute approximate surface area is 247 Å². The molecular formula is C34H41FN2O5. The lowest BCUT2D eigenvalue weighted by atomic mass is 9.94. The van der Waals surface area contributed by atoms with E-state index in [4.69, 9.17) is 19.9 Å². The Morgan fingerprint density at radius 3 is 2.24 bits per heavy atom. The van der Waals surface area contributed by atoms with Crippen LogP contribution in [0.25, 0.3) is 28.3 Å². The molecule has 1 fully saturated rings. The number of hydrogen-bond acceptors (Lipinski definition) is 5. The monoisotopic (exact) mass is 576 g/mol. The van der Waals surface area contributed by atoms with Crippen molar-refractivity contribution in [3.8, 4) is 22.3 Å². The minimum absolute atomic E-state index is 0.0988. The van der Waals surface area contributed by atoms with Crippen molar-refractivity contribution in [2.24, 2.45) is 5.73 Å². The van der Waals surface area contributed by atoms with Gasteiger partial charge < -0.3 is 24.5 Å². The number of amides is 1. The number of benzene rings is 2. The third-order valence-electron chi connectivity index (χ3n) is 6.85. The number of primary amides is 1. The standard InChI is InChI=1S/C34H41FN2O5/c1-21(2)37-27(18-17-25-19-26(41-34(6,7)40-25)20-28(38)42-33(3,4)5)29(23-13-15-24(35)16-14-23)30(31(37)32(36)39)22-11-9-8-10-12-22/h8-18,21,25-26H,19-20H2,1-7H3,(H2,36,39)/t25-,26+/m0/s1. The Balaban J connectivity index is 1.83. The van der Waals surface area contributed by atoms with Crippen LogP contribution in [0, 0.1) is 5.82 Å². The molecule has 2 atom stereocenters. The van der Waals surface area contributed by atoms with E-state index in [0.29, 0.717) is 17.7 Å². The quantitative estimate of drug-likeness (QED) is 0.284. The van der Waals surface area contributed by atoms with Crippen molar-refractivity contribution in [1.29, 1.82) is 0 Å². The maximum atomic E-state index is 14.0. The Hall–Kier alpha value is -3.75. The molecule has 1 aliphatic heterocycles. The van der Waals surface area contributed by atoms with Crippen LogP contribution in [0.4, 0.5) is 4.39 Å². The summed E-state index contributed by atoms with van der Waals surface area (Å²) in [4.78, 5) is 25.6. The maximum Gasteiger partial charge on any atom is 0.308 e. The summed E-state index contributed by atoms with van der Waals surface area (Å²) in [6.45, 7) is 13.1. The van der Waals surface area contributed by atoms with Gasteiger partial charge in [0.1, 0.15) is 17.1 Å². The van der Waals surface area contributed by atoms with E-state index in [1.54, 1.807) is 12.1 Å². The molecule has 2 aromatic carbocycles. The molecule has 3 aromatic rings. The molecule has 0 radical (unpaired) electrons. The van der Waals surface area contributed by atoms with E-state index in [1.165, 1.54) is 12.1 Å². The summed E-state index contributed by atoms with van der Waals surface area (Å²) >= 11 is 0. The maximum absolute atomic E-state index is 14.0. The lowest BCUT2D eigenvalue weighted by molar-refractivity contribution is -0.290. The van der Waals surface area contributed by atoms with Crippen molar-refractivity contribution in [1.82, 2.24) is 4.57 Å². The number of esters is 1. The molecule has 4 rings (SSSR count). The van der Waals surface area contributed by atoms with E-state index in [-0.39, 0.29) is 24.2 Å². The number of halogens is 1. The average molecular weight is 577 g/mol. The van der Waals surface area contributed by atoms with Crippen LogP contribution in [0.5, 0.6) is 0 Å². The SMILES string of the molecule is CC(C)n1c(C=C[C@H]2C[C@H](CC(=O)OC(C)(C)C)OC(C)(C)O2)c(-c2ccc(F)cc2)c(-c2ccccc2)c1C(N)=O. The molecule has 0 aliphatic carbocycles. The second kappa shape index (κ2) is 12.2. The third-order valence-corrected chi connectivity index (χ3v) is 6.85. The molecule has 0 bridgehead atoms. The van der Waals surface area contributed by atoms with Crippen LogP contribution in [-0.4, -0.2) is 40.0 Å². The van der Waals surface area contributed by atoms with Crippen molar-refractivity contribution in [2.45, 2.75) is 90.9 Å². The van der Waals surface area contributed by atoms with Crippen LogP contribution >= 0.6 is 0 Å². The topological polar surface area (TPSA) is 92.8 Å². The third kappa shape index (κ3) is 7.36. The summed E-state index contributed by atoms with van der Waals surface area (Å²) in [6, 6.07) is 15.7. The number of rotatable bonds is 8. The number of nitrogens with two attached hydrogens (primary N) is 1. The molecule has 1 aliphatic rings. The summed E-state index contributed by atoms with van der Waals surface area (Å²) in [5, 5.41) is 0. The fraction of sp³-hybridized carbons (Fsp3) is 0.412. The number of aromatic nitrogens is 1. The second-order valence-electron chi connectivity index (χ2n) is 12.4. The zero-order valence-corrected chi connectivity index (χ0v) is 25.4. The molecule has 2 heterocycles. The average Bonchev–Trinajstić information content (AvgIpc) is 3.22. The first-order valence-corrected chi connectivity index (χ1v) is 14.3. The van der Waals surface area contributed by atoms with E-state index in [2.05, 4.69) is 0 Å². The highest BCUT2D eigenvalue weighted by atomic mass is 19.1. The van der Waals surface area contributed by atoms with E-state index in [9.17, 15) is 14.0 Å². The number of hydrogen-bond donors (Lipinski definition) is 1. The molecule has 0 unspecified atom stereocenters. The summed E-state index contributed by atoms with van der Waals surface area (Å²) < 4.78 is 33.7. The van der Waals surface area contributed by atoms with Gasteiger partial charge in [-0.2, -0.15) is 0 Å². The van der Waals surface area contributed by atoms with Crippen LogP contribution in [0.3, 0.4) is 0 Å². The van der Waals surface area contributed by atoms with Crippen LogP contribution in [0.2, 0.25) is 0 Å². The molecule has 0 spiro atoms. The molecule has 0 saturated carbocycles. The van der Waals surface area contributed by atoms with Gasteiger partial charge in [-0.15, -0.1) is 0 Å². The smallest absolute Gasteiger partial charge is 0.308 e. The lowest BCUT2D eigenvalue weighted by Crippen LogP contribution is -2.45. The highest BCUT2D eigenvalue weighted by Crippen LogP contribution is 2.42. The molecule has 8 heteroatoms. The molecule has 1 aromatic heterocycles. The molecule has 1 saturated heterocycles. The second-order valence-corrected chi connectivity index (χ2v) is 12.4. The highest BCUT2D eigenvalue weighted by Gasteiger charge is 2.36. The van der Waals surface area contributed by atoms with Crippen LogP contribution in [0.15, 0.2) is 60.7 Å². The fourth-order valence-corrected chi connectivity index (χ4v) is 5.50. The molecule has 2 N–H and O–H groups in total. The minimum atomic E-state index is -0.937. The predicted molar refractivity (Wildman–Crippen MR) is 162 cm³/mol. The summed E-state index contributed by atoms with van der Waals surface area (Å²) in [6.07, 6.45) is 3.58. The van der Waals surface area contributed by atoms with Gasteiger partial charge in [0.15, 0.2) is 5.79 Å². The largest absolute Gasteiger partial charge is 0.460 e. The predicted octanol–water partition coefficient (Wildman–Crippen LogP) is 7.30. The Bertz CT molecular complexity index is 1450. The molecule has 7 nitrogen and oxygen atoms in total. The van der Waals surface area contributed by atoms with Crippen molar-refractivity contribution >= 4 is 18.0 Å². The molecular weight excluding hydrogens is 535 g/mol. The van der Waals surface area contributed by atoms with Gasteiger partial charge in [-0.25, -0.2) is 4.39 Å². The van der Waals surface area contributed by atoms with Gasteiger partial charge in [-0.3, -0.25) is 9.59 Å². The van der Waals surface area contributed by atoms with E-state index in [1.807, 2.05) is 95.5 Å². The van der Waals surface area contributed by atoms with Crippen molar-refractivity contribution in [2.75, 3.05) is 0 Å². The van der Waals surface area contributed by atoms with Crippen molar-refractivity contribution in [3.63, 3.8) is 0 Å². The summed E-state index contributed by atoms with van der Waals surface area (Å²) in [5.41, 5.74) is 9.54. The number of ether oxygens (including phenoxy) is 3. The first-order chi connectivity index (χ1) is 19.6. The summed E-state index contributed by atoms with van der Waals surface area (Å²) in [5.74, 6) is -2.19. The van der Waals surface area contributed by atoms with Gasteiger partial charge in [0.25, 0.3) is 5.91 Å². The lowest BCUT2D eigenvalue weighted by Gasteiger charge is -2.39. The van der Waals surface area contributed by atoms with Gasteiger partial charge in [-0.1, -0.05) is 48.5 Å². The van der Waals surface area contributed by atoms with Crippen LogP contribution < -0.4 is 5.73 Å². The first-order valence-electron chi connectivity index (χ1n) is 14.3. The van der Waals surface area contributed by atoms with E-state index >= 15 is 0 Å². The van der Waals surface area contributed by atoms with Crippen LogP contribution in [-0.2, 0) is 19.0 Å². The summed E-state index contributed by atoms with van der Waals surface area (Å²) in [7, 11) is 0. The van der Waals surface area contributed by atoms with Gasteiger partial charge >= 0.3 is 5.97 Å². The van der Waals surface area contributed by atoms with Crippen molar-refractivity contribution in [3.05, 3.63) is 77.9 Å². The molecule has 42 heavy (non-hydrogen) atoms. The van der Waals surface area contributed by atoms with Gasteiger partial charge in [-0.05, 0) is 77.8 Å². The first kappa shape index (κ1) is 31.2. The Morgan fingerprint density at radius 2 is 1.67 bits per heavy atom. The van der Waals surface area contributed by atoms with Gasteiger partial charge in [0, 0.05) is 29.3 Å². The molecule has 1 amide bonds. The van der Waals surface area contributed by atoms with Gasteiger partial charge in [0.05, 0.1) is 18.6 Å². The zero-order chi connectivity index (χ0) is 30.8. The zero-order valence-electron chi connectivity index (χ0n) is 25.4. The minimum Gasteiger partial charge on any atom is -0.460 e. The van der Waals surface area contributed by atoms with Crippen molar-refractivity contribution < 1.29 is 28.2 Å². The number of nitrogens with zero attached hydrogens (tertiary/aromatic N) is 1. The normalized spacial score (nSPS) is 18.9. The van der Waals surface area contributed by atoms with Crippen LogP contribution in [0.1, 0.15) is 83.5 Å². The fourth-order valence-electron chi connectivity index (χ4n) is 5.50. The molecule has 224 valence electrons. The Kier molecular flexibility index (Phi) is 9.09. The highest BCUT2D eigenvalue weighted by molar-refractivity contribution is 6.05. The van der Waals surface area contributed by atoms with E-state index < -0.39 is 29.5 Å². The Morgan fingerprint density at radius 1 is 1.05 bits per heavy atom. The number of carbonyl (C=O) groups is 2.